The zero-order valence-corrected chi connectivity index (χ0v) is 14.0. The second-order valence-electron chi connectivity index (χ2n) is 5.02. The molecule has 0 saturated carbocycles. The molecule has 0 aliphatic carbocycles. The Balaban J connectivity index is 1.83. The van der Waals surface area contributed by atoms with Crippen molar-refractivity contribution in [3.8, 4) is 0 Å². The summed E-state index contributed by atoms with van der Waals surface area (Å²) in [5, 5.41) is 6.24. The van der Waals surface area contributed by atoms with Gasteiger partial charge in [0.2, 0.25) is 5.91 Å². The third-order valence-corrected chi connectivity index (χ3v) is 3.80. The van der Waals surface area contributed by atoms with Crippen molar-refractivity contribution in [1.82, 2.24) is 5.32 Å². The normalized spacial score (nSPS) is 10.2. The lowest BCUT2D eigenvalue weighted by atomic mass is 10.2. The molecule has 2 rings (SSSR count). The van der Waals surface area contributed by atoms with Crippen molar-refractivity contribution in [3.05, 3.63) is 63.6 Å². The fraction of sp³-hybridized carbons (Fsp3) is 0.176. The summed E-state index contributed by atoms with van der Waals surface area (Å²) in [6.45, 7) is 2.13. The van der Waals surface area contributed by atoms with E-state index in [1.807, 2.05) is 13.0 Å². The van der Waals surface area contributed by atoms with Gasteiger partial charge in [-0.3, -0.25) is 9.59 Å². The first-order valence-electron chi connectivity index (χ1n) is 7.06. The second kappa shape index (κ2) is 7.99. The quantitative estimate of drug-likeness (QED) is 0.854. The van der Waals surface area contributed by atoms with Crippen LogP contribution in [0.5, 0.6) is 0 Å². The molecule has 6 heteroatoms. The van der Waals surface area contributed by atoms with Gasteiger partial charge in [0.15, 0.2) is 0 Å². The van der Waals surface area contributed by atoms with Crippen molar-refractivity contribution in [2.24, 2.45) is 0 Å². The Morgan fingerprint density at radius 3 is 2.48 bits per heavy atom. The van der Waals surface area contributed by atoms with Gasteiger partial charge < -0.3 is 10.6 Å². The van der Waals surface area contributed by atoms with Gasteiger partial charge in [-0.2, -0.15) is 0 Å². The van der Waals surface area contributed by atoms with Gasteiger partial charge in [-0.1, -0.05) is 41.4 Å². The fourth-order valence-corrected chi connectivity index (χ4v) is 2.47. The Kier molecular flexibility index (Phi) is 6.02. The first-order valence-corrected chi connectivity index (χ1v) is 7.81. The lowest BCUT2D eigenvalue weighted by molar-refractivity contribution is -0.116. The predicted molar refractivity (Wildman–Crippen MR) is 93.2 cm³/mol. The minimum atomic E-state index is -0.309. The molecule has 2 aromatic rings. The maximum atomic E-state index is 11.9. The number of carbonyl (C=O) groups excluding carboxylic acids is 2. The third-order valence-electron chi connectivity index (χ3n) is 3.15. The molecule has 23 heavy (non-hydrogen) atoms. The van der Waals surface area contributed by atoms with Crippen LogP contribution in [0.3, 0.4) is 0 Å². The number of anilines is 1. The summed E-state index contributed by atoms with van der Waals surface area (Å²) in [6.07, 6.45) is 0.139. The minimum Gasteiger partial charge on any atom is -0.351 e. The van der Waals surface area contributed by atoms with Crippen LogP contribution in [0.25, 0.3) is 0 Å². The number of benzene rings is 2. The van der Waals surface area contributed by atoms with E-state index in [1.54, 1.807) is 36.4 Å². The topological polar surface area (TPSA) is 58.2 Å². The molecular weight excluding hydrogens is 335 g/mol. The van der Waals surface area contributed by atoms with Gasteiger partial charge in [0, 0.05) is 13.0 Å². The van der Waals surface area contributed by atoms with E-state index in [2.05, 4.69) is 10.6 Å². The average molecular weight is 351 g/mol. The Morgan fingerprint density at radius 2 is 1.78 bits per heavy atom. The number of nitrogens with one attached hydrogen (secondary N) is 2. The summed E-state index contributed by atoms with van der Waals surface area (Å²) in [5.41, 5.74) is 1.95. The molecule has 0 aliphatic rings. The van der Waals surface area contributed by atoms with E-state index in [4.69, 9.17) is 23.2 Å². The number of rotatable bonds is 5. The van der Waals surface area contributed by atoms with Crippen LogP contribution in [0.15, 0.2) is 42.5 Å². The van der Waals surface area contributed by atoms with Crippen molar-refractivity contribution in [3.63, 3.8) is 0 Å². The summed E-state index contributed by atoms with van der Waals surface area (Å²) in [6, 6.07) is 12.1. The molecule has 4 nitrogen and oxygen atoms in total. The number of halogens is 2. The molecule has 2 N–H and O–H groups in total. The van der Waals surface area contributed by atoms with Crippen molar-refractivity contribution < 1.29 is 9.59 Å². The Hall–Kier alpha value is -2.04. The van der Waals surface area contributed by atoms with Crippen molar-refractivity contribution in [2.75, 3.05) is 11.9 Å². The van der Waals surface area contributed by atoms with Crippen LogP contribution in [0.2, 0.25) is 10.0 Å². The van der Waals surface area contributed by atoms with Crippen molar-refractivity contribution >= 4 is 40.7 Å². The maximum Gasteiger partial charge on any atom is 0.252 e. The van der Waals surface area contributed by atoms with Gasteiger partial charge in [0.1, 0.15) is 0 Å². The highest BCUT2D eigenvalue weighted by atomic mass is 35.5. The van der Waals surface area contributed by atoms with E-state index in [9.17, 15) is 9.59 Å². The number of hydrogen-bond acceptors (Lipinski definition) is 2. The van der Waals surface area contributed by atoms with Gasteiger partial charge >= 0.3 is 0 Å². The zero-order chi connectivity index (χ0) is 16.8. The molecule has 0 saturated heterocycles. The highest BCUT2D eigenvalue weighted by Crippen LogP contribution is 2.22. The van der Waals surface area contributed by atoms with Gasteiger partial charge in [-0.25, -0.2) is 0 Å². The summed E-state index contributed by atoms with van der Waals surface area (Å²) in [7, 11) is 0. The molecule has 0 spiro atoms. The molecular formula is C17H16Cl2N2O2. The van der Waals surface area contributed by atoms with Crippen LogP contribution < -0.4 is 10.6 Å². The first-order chi connectivity index (χ1) is 11.0. The smallest absolute Gasteiger partial charge is 0.252 e. The molecule has 120 valence electrons. The van der Waals surface area contributed by atoms with Crippen LogP contribution in [0, 0.1) is 6.92 Å². The third kappa shape index (κ3) is 4.98. The van der Waals surface area contributed by atoms with E-state index in [1.165, 1.54) is 0 Å². The number of amides is 2. The molecule has 0 bridgehead atoms. The molecule has 0 aromatic heterocycles. The highest BCUT2D eigenvalue weighted by molar-refractivity contribution is 6.34. The van der Waals surface area contributed by atoms with E-state index < -0.39 is 0 Å². The van der Waals surface area contributed by atoms with E-state index in [-0.39, 0.29) is 24.8 Å². The zero-order valence-electron chi connectivity index (χ0n) is 12.5. The van der Waals surface area contributed by atoms with Crippen molar-refractivity contribution in [2.45, 2.75) is 13.3 Å². The SMILES string of the molecule is Cc1ccc(NC(=O)CCNC(=O)c2ccccc2Cl)c(Cl)c1. The van der Waals surface area contributed by atoms with Gasteiger partial charge in [-0.05, 0) is 36.8 Å². The summed E-state index contributed by atoms with van der Waals surface area (Å²) < 4.78 is 0. The first kappa shape index (κ1) is 17.3. The predicted octanol–water partition coefficient (Wildman–Crippen LogP) is 4.06. The largest absolute Gasteiger partial charge is 0.351 e. The summed E-state index contributed by atoms with van der Waals surface area (Å²) in [4.78, 5) is 23.8. The van der Waals surface area contributed by atoms with Crippen LogP contribution in [0.1, 0.15) is 22.3 Å². The molecule has 0 fully saturated rings. The molecule has 0 unspecified atom stereocenters. The van der Waals surface area contributed by atoms with Crippen molar-refractivity contribution in [1.29, 1.82) is 0 Å². The lowest BCUT2D eigenvalue weighted by Gasteiger charge is -2.09. The standard InChI is InChI=1S/C17H16Cl2N2O2/c1-11-6-7-15(14(19)10-11)21-16(22)8-9-20-17(23)12-4-2-3-5-13(12)18/h2-7,10H,8-9H2,1H3,(H,20,23)(H,21,22). The number of carbonyl (C=O) groups is 2. The number of aryl methyl sites for hydroxylation is 1. The summed E-state index contributed by atoms with van der Waals surface area (Å²) >= 11 is 12.0. The molecule has 0 atom stereocenters. The van der Waals surface area contributed by atoms with Crippen LogP contribution in [-0.2, 0) is 4.79 Å². The highest BCUT2D eigenvalue weighted by Gasteiger charge is 2.10. The lowest BCUT2D eigenvalue weighted by Crippen LogP contribution is -2.27. The molecule has 2 aromatic carbocycles. The fourth-order valence-electron chi connectivity index (χ4n) is 1.96. The van der Waals surface area contributed by atoms with Gasteiger partial charge in [-0.15, -0.1) is 0 Å². The molecule has 0 heterocycles. The van der Waals surface area contributed by atoms with E-state index in [0.717, 1.165) is 5.56 Å². The summed E-state index contributed by atoms with van der Waals surface area (Å²) in [5.74, 6) is -0.535. The van der Waals surface area contributed by atoms with Gasteiger partial charge in [0.25, 0.3) is 5.91 Å². The Morgan fingerprint density at radius 1 is 1.04 bits per heavy atom. The Labute approximate surface area is 144 Å². The van der Waals surface area contributed by atoms with Gasteiger partial charge in [0.05, 0.1) is 21.3 Å². The Bertz CT molecular complexity index is 732. The average Bonchev–Trinajstić information content (AvgIpc) is 2.50. The maximum absolute atomic E-state index is 11.9. The monoisotopic (exact) mass is 350 g/mol. The van der Waals surface area contributed by atoms with Crippen LogP contribution in [0.4, 0.5) is 5.69 Å². The van der Waals surface area contributed by atoms with E-state index in [0.29, 0.717) is 21.3 Å². The van der Waals surface area contributed by atoms with E-state index >= 15 is 0 Å². The molecule has 2 amide bonds. The molecule has 0 radical (unpaired) electrons. The van der Waals surface area contributed by atoms with Crippen LogP contribution >= 0.6 is 23.2 Å². The molecule has 0 aliphatic heterocycles. The van der Waals surface area contributed by atoms with Crippen LogP contribution in [-0.4, -0.2) is 18.4 Å². The number of hydrogen-bond donors (Lipinski definition) is 2. The minimum absolute atomic E-state index is 0.139. The second-order valence-corrected chi connectivity index (χ2v) is 5.83.